The molecule has 0 N–H and O–H groups in total. The van der Waals surface area contributed by atoms with E-state index in [2.05, 4.69) is 5.16 Å². The zero-order valence-electron chi connectivity index (χ0n) is 6.46. The second-order valence-corrected chi connectivity index (χ2v) is 2.21. The summed E-state index contributed by atoms with van der Waals surface area (Å²) in [6.07, 6.45) is 0.274. The van der Waals surface area contributed by atoms with Gasteiger partial charge >= 0.3 is 0 Å². The Hall–Kier alpha value is -1.32. The maximum absolute atomic E-state index is 10.6. The van der Waals surface area contributed by atoms with Crippen LogP contribution in [0.2, 0.25) is 0 Å². The van der Waals surface area contributed by atoms with Gasteiger partial charge in [-0.15, -0.1) is 0 Å². The molecule has 0 aromatic carbocycles. The average molecular weight is 155 g/mol. The Morgan fingerprint density at radius 2 is 2.55 bits per heavy atom. The minimum Gasteiger partial charge on any atom is -0.479 e. The number of hydrogen-bond donors (Lipinski definition) is 0. The van der Waals surface area contributed by atoms with E-state index in [1.807, 2.05) is 0 Å². The topological polar surface area (TPSA) is 52.3 Å². The van der Waals surface area contributed by atoms with Crippen LogP contribution in [-0.4, -0.2) is 18.0 Å². The Bertz CT molecular complexity index is 254. The molecule has 0 amide bonds. The van der Waals surface area contributed by atoms with Crippen molar-refractivity contribution >= 4 is 5.78 Å². The van der Waals surface area contributed by atoms with Crippen molar-refractivity contribution in [2.75, 3.05) is 7.11 Å². The molecule has 4 heteroatoms. The number of ether oxygens (including phenoxy) is 1. The highest BCUT2D eigenvalue weighted by Gasteiger charge is 2.05. The van der Waals surface area contributed by atoms with Crippen LogP contribution in [0.3, 0.4) is 0 Å². The molecule has 1 aromatic heterocycles. The van der Waals surface area contributed by atoms with Crippen LogP contribution in [-0.2, 0) is 11.2 Å². The molecule has 0 fully saturated rings. The van der Waals surface area contributed by atoms with E-state index >= 15 is 0 Å². The Kier molecular flexibility index (Phi) is 2.25. The third kappa shape index (κ3) is 2.07. The van der Waals surface area contributed by atoms with Gasteiger partial charge in [-0.25, -0.2) is 0 Å². The number of carbonyl (C=O) groups is 1. The Morgan fingerprint density at radius 1 is 1.82 bits per heavy atom. The highest BCUT2D eigenvalue weighted by molar-refractivity contribution is 5.77. The zero-order chi connectivity index (χ0) is 8.27. The molecule has 0 aliphatic rings. The van der Waals surface area contributed by atoms with Gasteiger partial charge in [0.1, 0.15) is 11.5 Å². The van der Waals surface area contributed by atoms with Crippen LogP contribution in [0.25, 0.3) is 0 Å². The van der Waals surface area contributed by atoms with Crippen molar-refractivity contribution in [2.45, 2.75) is 13.3 Å². The molecule has 0 saturated carbocycles. The van der Waals surface area contributed by atoms with Gasteiger partial charge in [0.05, 0.1) is 13.5 Å². The molecular weight excluding hydrogens is 146 g/mol. The van der Waals surface area contributed by atoms with Crippen molar-refractivity contribution in [1.82, 2.24) is 5.16 Å². The van der Waals surface area contributed by atoms with Crippen LogP contribution in [0.15, 0.2) is 10.6 Å². The fourth-order valence-electron chi connectivity index (χ4n) is 0.719. The van der Waals surface area contributed by atoms with Crippen LogP contribution in [0.5, 0.6) is 5.88 Å². The summed E-state index contributed by atoms with van der Waals surface area (Å²) >= 11 is 0. The summed E-state index contributed by atoms with van der Waals surface area (Å²) in [5, 5.41) is 3.54. The second-order valence-electron chi connectivity index (χ2n) is 2.21. The van der Waals surface area contributed by atoms with E-state index in [9.17, 15) is 4.79 Å². The fraction of sp³-hybridized carbons (Fsp3) is 0.429. The van der Waals surface area contributed by atoms with Crippen molar-refractivity contribution in [3.63, 3.8) is 0 Å². The molecular formula is C7H9NO3. The summed E-state index contributed by atoms with van der Waals surface area (Å²) in [5.74, 6) is 0.986. The van der Waals surface area contributed by atoms with E-state index in [1.54, 1.807) is 6.07 Å². The zero-order valence-corrected chi connectivity index (χ0v) is 6.46. The van der Waals surface area contributed by atoms with Crippen LogP contribution >= 0.6 is 0 Å². The number of ketones is 1. The highest BCUT2D eigenvalue weighted by Crippen LogP contribution is 2.10. The molecule has 1 rings (SSSR count). The molecule has 11 heavy (non-hydrogen) atoms. The molecule has 0 atom stereocenters. The maximum atomic E-state index is 10.6. The van der Waals surface area contributed by atoms with Gasteiger partial charge in [-0.2, -0.15) is 0 Å². The SMILES string of the molecule is COc1cc(CC(C)=O)on1. The predicted octanol–water partition coefficient (Wildman–Crippen LogP) is 0.815. The lowest BCUT2D eigenvalue weighted by atomic mass is 10.2. The van der Waals surface area contributed by atoms with E-state index < -0.39 is 0 Å². The monoisotopic (exact) mass is 155 g/mol. The van der Waals surface area contributed by atoms with Gasteiger partial charge in [-0.05, 0) is 12.1 Å². The first-order chi connectivity index (χ1) is 5.22. The molecule has 0 saturated heterocycles. The van der Waals surface area contributed by atoms with Crippen molar-refractivity contribution < 1.29 is 14.1 Å². The molecule has 1 aromatic rings. The van der Waals surface area contributed by atoms with Gasteiger partial charge in [0.25, 0.3) is 5.88 Å². The first kappa shape index (κ1) is 7.78. The van der Waals surface area contributed by atoms with E-state index in [-0.39, 0.29) is 12.2 Å². The predicted molar refractivity (Wildman–Crippen MR) is 37.4 cm³/mol. The van der Waals surface area contributed by atoms with E-state index in [1.165, 1.54) is 14.0 Å². The molecule has 0 radical (unpaired) electrons. The first-order valence-electron chi connectivity index (χ1n) is 3.21. The quantitative estimate of drug-likeness (QED) is 0.648. The van der Waals surface area contributed by atoms with Gasteiger partial charge in [0.15, 0.2) is 0 Å². The van der Waals surface area contributed by atoms with Gasteiger partial charge in [-0.1, -0.05) is 0 Å². The van der Waals surface area contributed by atoms with Gasteiger partial charge in [0, 0.05) is 6.07 Å². The third-order valence-corrected chi connectivity index (χ3v) is 1.17. The van der Waals surface area contributed by atoms with Gasteiger partial charge < -0.3 is 9.26 Å². The fourth-order valence-corrected chi connectivity index (χ4v) is 0.719. The standard InChI is InChI=1S/C7H9NO3/c1-5(9)3-6-4-7(10-2)8-11-6/h4H,3H2,1-2H3. The lowest BCUT2D eigenvalue weighted by molar-refractivity contribution is -0.116. The van der Waals surface area contributed by atoms with Crippen molar-refractivity contribution in [3.05, 3.63) is 11.8 Å². The smallest absolute Gasteiger partial charge is 0.254 e. The molecule has 0 unspecified atom stereocenters. The Morgan fingerprint density at radius 3 is 3.00 bits per heavy atom. The van der Waals surface area contributed by atoms with Crippen molar-refractivity contribution in [3.8, 4) is 5.88 Å². The average Bonchev–Trinajstić information content (AvgIpc) is 2.34. The van der Waals surface area contributed by atoms with Crippen molar-refractivity contribution in [2.24, 2.45) is 0 Å². The number of hydrogen-bond acceptors (Lipinski definition) is 4. The molecule has 0 aliphatic heterocycles. The first-order valence-corrected chi connectivity index (χ1v) is 3.21. The molecule has 1 heterocycles. The minimum absolute atomic E-state index is 0.0452. The molecule has 0 spiro atoms. The lowest BCUT2D eigenvalue weighted by Crippen LogP contribution is -1.93. The molecule has 0 bridgehead atoms. The number of rotatable bonds is 3. The summed E-state index contributed by atoms with van der Waals surface area (Å²) in [5.41, 5.74) is 0. The van der Waals surface area contributed by atoms with E-state index in [4.69, 9.17) is 9.26 Å². The maximum Gasteiger partial charge on any atom is 0.254 e. The number of nitrogens with zero attached hydrogens (tertiary/aromatic N) is 1. The van der Waals surface area contributed by atoms with Crippen LogP contribution < -0.4 is 4.74 Å². The number of aromatic nitrogens is 1. The van der Waals surface area contributed by atoms with E-state index in [0.29, 0.717) is 11.6 Å². The highest BCUT2D eigenvalue weighted by atomic mass is 16.5. The normalized spacial score (nSPS) is 9.64. The van der Waals surface area contributed by atoms with Crippen LogP contribution in [0.1, 0.15) is 12.7 Å². The number of carbonyl (C=O) groups excluding carboxylic acids is 1. The summed E-state index contributed by atoms with van der Waals surface area (Å²) in [4.78, 5) is 10.6. The minimum atomic E-state index is 0.0452. The van der Waals surface area contributed by atoms with Crippen molar-refractivity contribution in [1.29, 1.82) is 0 Å². The molecule has 60 valence electrons. The largest absolute Gasteiger partial charge is 0.479 e. The number of methoxy groups -OCH3 is 1. The van der Waals surface area contributed by atoms with Crippen LogP contribution in [0, 0.1) is 0 Å². The molecule has 4 nitrogen and oxygen atoms in total. The third-order valence-electron chi connectivity index (χ3n) is 1.17. The number of Topliss-reactive ketones (excluding diaryl/α,β-unsaturated/α-hetero) is 1. The van der Waals surface area contributed by atoms with Gasteiger partial charge in [0.2, 0.25) is 0 Å². The lowest BCUT2D eigenvalue weighted by Gasteiger charge is -1.85. The molecule has 0 aliphatic carbocycles. The van der Waals surface area contributed by atoms with Crippen LogP contribution in [0.4, 0.5) is 0 Å². The van der Waals surface area contributed by atoms with E-state index in [0.717, 1.165) is 0 Å². The summed E-state index contributed by atoms with van der Waals surface area (Å²) in [6.45, 7) is 1.50. The second kappa shape index (κ2) is 3.18. The summed E-state index contributed by atoms with van der Waals surface area (Å²) in [7, 11) is 1.50. The summed E-state index contributed by atoms with van der Waals surface area (Å²) in [6, 6.07) is 1.60. The summed E-state index contributed by atoms with van der Waals surface area (Å²) < 4.78 is 9.53. The van der Waals surface area contributed by atoms with Gasteiger partial charge in [-0.3, -0.25) is 4.79 Å². The Labute approximate surface area is 64.1 Å². The Balaban J connectivity index is 2.65.